The summed E-state index contributed by atoms with van der Waals surface area (Å²) in [6, 6.07) is 11.9. The summed E-state index contributed by atoms with van der Waals surface area (Å²) >= 11 is 0. The number of pyridine rings is 1. The van der Waals surface area contributed by atoms with Crippen molar-refractivity contribution in [3.8, 4) is 0 Å². The number of aromatic nitrogens is 3. The second-order valence-corrected chi connectivity index (χ2v) is 5.04. The third-order valence-electron chi connectivity index (χ3n) is 3.61. The molecule has 0 aliphatic heterocycles. The number of nitrogens with two attached hydrogens (primary N) is 1. The molecule has 0 bridgehead atoms. The van der Waals surface area contributed by atoms with Gasteiger partial charge in [-0.25, -0.2) is 5.43 Å². The number of rotatable bonds is 3. The molecule has 0 saturated heterocycles. The van der Waals surface area contributed by atoms with E-state index in [1.165, 1.54) is 0 Å². The smallest absolute Gasteiger partial charge is 0.0735 e. The van der Waals surface area contributed by atoms with E-state index in [2.05, 4.69) is 32.7 Å². The van der Waals surface area contributed by atoms with Crippen LogP contribution in [0.25, 0.3) is 10.9 Å². The molecule has 106 valence electrons. The summed E-state index contributed by atoms with van der Waals surface area (Å²) in [7, 11) is 0. The van der Waals surface area contributed by atoms with Gasteiger partial charge in [0.25, 0.3) is 0 Å². The SMILES string of the molecule is Cc1cc(C(NN)c2cccc3ncccc23)c(C)nn1. The molecule has 2 heterocycles. The normalized spacial score (nSPS) is 12.5. The lowest BCUT2D eigenvalue weighted by Crippen LogP contribution is -2.30. The molecule has 0 amide bonds. The summed E-state index contributed by atoms with van der Waals surface area (Å²) < 4.78 is 0. The van der Waals surface area contributed by atoms with Gasteiger partial charge in [0.05, 0.1) is 22.9 Å². The van der Waals surface area contributed by atoms with Crippen LogP contribution in [0.3, 0.4) is 0 Å². The number of hydrazine groups is 1. The molecule has 1 atom stereocenters. The Labute approximate surface area is 123 Å². The Morgan fingerprint density at radius 1 is 1.05 bits per heavy atom. The maximum Gasteiger partial charge on any atom is 0.0735 e. The lowest BCUT2D eigenvalue weighted by Gasteiger charge is -2.20. The number of benzene rings is 1. The van der Waals surface area contributed by atoms with Crippen molar-refractivity contribution < 1.29 is 0 Å². The first-order valence-electron chi connectivity index (χ1n) is 6.81. The Hall–Kier alpha value is -2.37. The molecule has 2 aromatic heterocycles. The molecule has 1 unspecified atom stereocenters. The minimum Gasteiger partial charge on any atom is -0.271 e. The highest BCUT2D eigenvalue weighted by Gasteiger charge is 2.18. The zero-order valence-electron chi connectivity index (χ0n) is 12.0. The van der Waals surface area contributed by atoms with Gasteiger partial charge in [-0.3, -0.25) is 10.8 Å². The van der Waals surface area contributed by atoms with Gasteiger partial charge >= 0.3 is 0 Å². The van der Waals surface area contributed by atoms with Crippen LogP contribution in [0.15, 0.2) is 42.6 Å². The number of nitrogens with one attached hydrogen (secondary N) is 1. The standard InChI is InChI=1S/C16H17N5/c1-10-9-14(11(2)21-20-10)16(19-17)13-5-3-7-15-12(13)6-4-8-18-15/h3-9,16,19H,17H2,1-2H3. The fourth-order valence-corrected chi connectivity index (χ4v) is 2.59. The number of nitrogens with zero attached hydrogens (tertiary/aromatic N) is 3. The highest BCUT2D eigenvalue weighted by atomic mass is 15.2. The van der Waals surface area contributed by atoms with Crippen molar-refractivity contribution in [1.82, 2.24) is 20.6 Å². The Morgan fingerprint density at radius 3 is 2.71 bits per heavy atom. The van der Waals surface area contributed by atoms with E-state index in [-0.39, 0.29) is 6.04 Å². The highest BCUT2D eigenvalue weighted by molar-refractivity contribution is 5.83. The monoisotopic (exact) mass is 279 g/mol. The minimum absolute atomic E-state index is 0.146. The second kappa shape index (κ2) is 5.55. The lowest BCUT2D eigenvalue weighted by atomic mass is 9.95. The Kier molecular flexibility index (Phi) is 3.60. The van der Waals surface area contributed by atoms with Gasteiger partial charge in [-0.05, 0) is 43.2 Å². The fraction of sp³-hybridized carbons (Fsp3) is 0.188. The van der Waals surface area contributed by atoms with E-state index in [1.807, 2.05) is 38.1 Å². The van der Waals surface area contributed by atoms with Gasteiger partial charge in [0.1, 0.15) is 0 Å². The first-order chi connectivity index (χ1) is 10.2. The molecule has 3 aromatic rings. The second-order valence-electron chi connectivity index (χ2n) is 5.04. The first kappa shape index (κ1) is 13.6. The van der Waals surface area contributed by atoms with Crippen LogP contribution in [0.4, 0.5) is 0 Å². The molecule has 0 aliphatic rings. The summed E-state index contributed by atoms with van der Waals surface area (Å²) in [5.41, 5.74) is 7.70. The molecule has 0 spiro atoms. The quantitative estimate of drug-likeness (QED) is 0.567. The van der Waals surface area contributed by atoms with Crippen molar-refractivity contribution in [1.29, 1.82) is 0 Å². The maximum absolute atomic E-state index is 5.83. The van der Waals surface area contributed by atoms with Crippen LogP contribution >= 0.6 is 0 Å². The van der Waals surface area contributed by atoms with Crippen LogP contribution < -0.4 is 11.3 Å². The van der Waals surface area contributed by atoms with E-state index in [1.54, 1.807) is 6.20 Å². The van der Waals surface area contributed by atoms with Crippen molar-refractivity contribution in [3.05, 3.63) is 65.1 Å². The van der Waals surface area contributed by atoms with E-state index in [9.17, 15) is 0 Å². The van der Waals surface area contributed by atoms with Gasteiger partial charge in [0, 0.05) is 11.6 Å². The van der Waals surface area contributed by atoms with Gasteiger partial charge < -0.3 is 0 Å². The van der Waals surface area contributed by atoms with Gasteiger partial charge in [0.2, 0.25) is 0 Å². The predicted molar refractivity (Wildman–Crippen MR) is 82.4 cm³/mol. The summed E-state index contributed by atoms with van der Waals surface area (Å²) in [4.78, 5) is 4.40. The molecule has 0 saturated carbocycles. The molecule has 0 fully saturated rings. The van der Waals surface area contributed by atoms with Crippen LogP contribution in [0, 0.1) is 13.8 Å². The van der Waals surface area contributed by atoms with Crippen LogP contribution in [0.1, 0.15) is 28.6 Å². The molecule has 3 rings (SSSR count). The third-order valence-corrected chi connectivity index (χ3v) is 3.61. The van der Waals surface area contributed by atoms with Gasteiger partial charge in [-0.15, -0.1) is 0 Å². The topological polar surface area (TPSA) is 76.7 Å². The summed E-state index contributed by atoms with van der Waals surface area (Å²) in [6.45, 7) is 3.86. The molecule has 0 radical (unpaired) electrons. The van der Waals surface area contributed by atoms with Crippen LogP contribution in [-0.4, -0.2) is 15.2 Å². The van der Waals surface area contributed by atoms with Gasteiger partial charge in [-0.2, -0.15) is 10.2 Å². The lowest BCUT2D eigenvalue weighted by molar-refractivity contribution is 0.629. The Bertz CT molecular complexity index is 779. The molecule has 5 nitrogen and oxygen atoms in total. The molecular formula is C16H17N5. The van der Waals surface area contributed by atoms with Crippen LogP contribution in [0.2, 0.25) is 0 Å². The van der Waals surface area contributed by atoms with E-state index >= 15 is 0 Å². The first-order valence-corrected chi connectivity index (χ1v) is 6.81. The molecular weight excluding hydrogens is 262 g/mol. The number of hydrogen-bond acceptors (Lipinski definition) is 5. The van der Waals surface area contributed by atoms with Crippen LogP contribution in [-0.2, 0) is 0 Å². The van der Waals surface area contributed by atoms with Crippen molar-refractivity contribution in [2.75, 3.05) is 0 Å². The van der Waals surface area contributed by atoms with Crippen molar-refractivity contribution in [2.24, 2.45) is 5.84 Å². The van der Waals surface area contributed by atoms with E-state index in [4.69, 9.17) is 5.84 Å². The van der Waals surface area contributed by atoms with Crippen LogP contribution in [0.5, 0.6) is 0 Å². The van der Waals surface area contributed by atoms with Gasteiger partial charge in [0.15, 0.2) is 0 Å². The summed E-state index contributed by atoms with van der Waals surface area (Å²) in [5.74, 6) is 5.83. The number of aryl methyl sites for hydroxylation is 2. The third kappa shape index (κ3) is 2.49. The maximum atomic E-state index is 5.83. The Morgan fingerprint density at radius 2 is 1.90 bits per heavy atom. The molecule has 1 aromatic carbocycles. The average Bonchev–Trinajstić information content (AvgIpc) is 2.51. The average molecular weight is 279 g/mol. The summed E-state index contributed by atoms with van der Waals surface area (Å²) in [6.07, 6.45) is 1.79. The molecule has 3 N–H and O–H groups in total. The summed E-state index contributed by atoms with van der Waals surface area (Å²) in [5, 5.41) is 9.35. The highest BCUT2D eigenvalue weighted by Crippen LogP contribution is 2.28. The largest absolute Gasteiger partial charge is 0.271 e. The van der Waals surface area contributed by atoms with E-state index in [0.717, 1.165) is 33.4 Å². The molecule has 5 heteroatoms. The zero-order chi connectivity index (χ0) is 14.8. The predicted octanol–water partition coefficient (Wildman–Crippen LogP) is 2.19. The number of hydrogen-bond donors (Lipinski definition) is 2. The van der Waals surface area contributed by atoms with Crippen molar-refractivity contribution in [3.63, 3.8) is 0 Å². The van der Waals surface area contributed by atoms with E-state index in [0.29, 0.717) is 0 Å². The van der Waals surface area contributed by atoms with Gasteiger partial charge in [-0.1, -0.05) is 18.2 Å². The molecule has 0 aliphatic carbocycles. The zero-order valence-corrected chi connectivity index (χ0v) is 12.0. The van der Waals surface area contributed by atoms with Crippen molar-refractivity contribution >= 4 is 10.9 Å². The van der Waals surface area contributed by atoms with E-state index < -0.39 is 0 Å². The number of fused-ring (bicyclic) bond motifs is 1. The minimum atomic E-state index is -0.146. The Balaban J connectivity index is 2.21. The van der Waals surface area contributed by atoms with Crippen molar-refractivity contribution in [2.45, 2.75) is 19.9 Å². The fourth-order valence-electron chi connectivity index (χ4n) is 2.59. The molecule has 21 heavy (non-hydrogen) atoms.